The molecule has 1 aromatic carbocycles. The number of aromatic nitrogens is 1. The highest BCUT2D eigenvalue weighted by atomic mass is 19.4. The fourth-order valence-corrected chi connectivity index (χ4v) is 2.74. The molecule has 1 atom stereocenters. The van der Waals surface area contributed by atoms with Crippen LogP contribution in [-0.2, 0) is 16.0 Å². The van der Waals surface area contributed by atoms with Crippen molar-refractivity contribution in [2.24, 2.45) is 0 Å². The number of fused-ring (bicyclic) bond motifs is 1. The van der Waals surface area contributed by atoms with Gasteiger partial charge in [-0.3, -0.25) is 14.6 Å². The van der Waals surface area contributed by atoms with E-state index in [1.165, 1.54) is 0 Å². The van der Waals surface area contributed by atoms with Crippen LogP contribution in [0.15, 0.2) is 36.5 Å². The van der Waals surface area contributed by atoms with Crippen LogP contribution in [-0.4, -0.2) is 40.3 Å². The quantitative estimate of drug-likeness (QED) is 0.872. The Morgan fingerprint density at radius 3 is 2.61 bits per heavy atom. The summed E-state index contributed by atoms with van der Waals surface area (Å²) in [5, 5.41) is 0.856. The lowest BCUT2D eigenvalue weighted by Crippen LogP contribution is -2.59. The molecule has 0 aliphatic carbocycles. The summed E-state index contributed by atoms with van der Waals surface area (Å²) in [5.41, 5.74) is 1.30. The molecule has 120 valence electrons. The van der Waals surface area contributed by atoms with Gasteiger partial charge in [-0.2, -0.15) is 13.2 Å². The zero-order chi connectivity index (χ0) is 16.6. The van der Waals surface area contributed by atoms with Crippen LogP contribution in [0.5, 0.6) is 0 Å². The third-order valence-corrected chi connectivity index (χ3v) is 3.98. The Kier molecular flexibility index (Phi) is 3.79. The van der Waals surface area contributed by atoms with E-state index in [1.54, 1.807) is 24.4 Å². The molecule has 0 radical (unpaired) electrons. The van der Waals surface area contributed by atoms with Gasteiger partial charge in [0.1, 0.15) is 0 Å². The third-order valence-electron chi connectivity index (χ3n) is 3.98. The first-order valence-electron chi connectivity index (χ1n) is 7.11. The Bertz CT molecular complexity index is 768. The van der Waals surface area contributed by atoms with E-state index in [4.69, 9.17) is 0 Å². The number of carbonyl (C=O) groups is 2. The van der Waals surface area contributed by atoms with Crippen molar-refractivity contribution < 1.29 is 22.8 Å². The Morgan fingerprint density at radius 2 is 1.96 bits per heavy atom. The molecular weight excluding hydrogens is 309 g/mol. The van der Waals surface area contributed by atoms with Gasteiger partial charge in [-0.15, -0.1) is 0 Å². The van der Waals surface area contributed by atoms with Crippen molar-refractivity contribution in [2.75, 3.05) is 6.54 Å². The summed E-state index contributed by atoms with van der Waals surface area (Å²) in [6.07, 6.45) is -3.13. The number of likely N-dealkylation sites (tertiary alicyclic amines) is 1. The van der Waals surface area contributed by atoms with Crippen molar-refractivity contribution in [3.63, 3.8) is 0 Å². The molecular formula is C16H13F3N2O2. The summed E-state index contributed by atoms with van der Waals surface area (Å²) in [5.74, 6) is -2.34. The molecule has 1 aromatic heterocycles. The molecule has 0 unspecified atom stereocenters. The number of Topliss-reactive ketones (excluding diaryl/α,β-unsaturated/α-hetero) is 1. The number of hydrogen-bond acceptors (Lipinski definition) is 3. The number of carbonyl (C=O) groups excluding carboxylic acids is 2. The molecule has 0 bridgehead atoms. The normalized spacial score (nSPS) is 17.9. The second kappa shape index (κ2) is 5.64. The molecule has 1 aliphatic rings. The molecule has 4 nitrogen and oxygen atoms in total. The minimum absolute atomic E-state index is 0.0391. The predicted octanol–water partition coefficient (Wildman–Crippen LogP) is 2.51. The first kappa shape index (κ1) is 15.5. The monoisotopic (exact) mass is 322 g/mol. The molecule has 1 saturated heterocycles. The minimum Gasteiger partial charge on any atom is -0.325 e. The maximum Gasteiger partial charge on any atom is 0.471 e. The van der Waals surface area contributed by atoms with Gasteiger partial charge >= 0.3 is 12.1 Å². The van der Waals surface area contributed by atoms with Crippen LogP contribution < -0.4 is 0 Å². The molecule has 1 amide bonds. The van der Waals surface area contributed by atoms with Crippen molar-refractivity contribution in [1.82, 2.24) is 9.88 Å². The number of rotatable bonds is 3. The molecule has 0 saturated carbocycles. The number of pyridine rings is 1. The average Bonchev–Trinajstić information content (AvgIpc) is 2.45. The van der Waals surface area contributed by atoms with Crippen LogP contribution in [0.25, 0.3) is 10.9 Å². The van der Waals surface area contributed by atoms with Crippen LogP contribution >= 0.6 is 0 Å². The van der Waals surface area contributed by atoms with Gasteiger partial charge in [0.15, 0.2) is 5.78 Å². The Hall–Kier alpha value is -2.44. The van der Waals surface area contributed by atoms with Gasteiger partial charge in [-0.25, -0.2) is 0 Å². The summed E-state index contributed by atoms with van der Waals surface area (Å²) >= 11 is 0. The molecule has 0 spiro atoms. The standard InChI is InChI=1S/C16H13F3N2O2/c17-16(18,19)15(23)21-8-6-12(21)13(22)9-11-4-1-3-10-5-2-7-20-14(10)11/h1-5,7,12H,6,8-9H2/t12-/m0/s1. The number of benzene rings is 1. The van der Waals surface area contributed by atoms with Gasteiger partial charge in [-0.1, -0.05) is 24.3 Å². The highest BCUT2D eigenvalue weighted by molar-refractivity contribution is 5.95. The highest BCUT2D eigenvalue weighted by Crippen LogP contribution is 2.28. The van der Waals surface area contributed by atoms with Crippen LogP contribution in [0, 0.1) is 0 Å². The number of hydrogen-bond donors (Lipinski definition) is 0. The largest absolute Gasteiger partial charge is 0.471 e. The number of para-hydroxylation sites is 1. The lowest BCUT2D eigenvalue weighted by Gasteiger charge is -2.40. The molecule has 0 N–H and O–H groups in total. The van der Waals surface area contributed by atoms with Crippen LogP contribution in [0.4, 0.5) is 13.2 Å². The van der Waals surface area contributed by atoms with E-state index in [9.17, 15) is 22.8 Å². The maximum atomic E-state index is 12.5. The zero-order valence-electron chi connectivity index (χ0n) is 12.0. The second-order valence-electron chi connectivity index (χ2n) is 5.44. The third kappa shape index (κ3) is 2.91. The molecule has 1 fully saturated rings. The van der Waals surface area contributed by atoms with Gasteiger partial charge < -0.3 is 4.90 Å². The average molecular weight is 322 g/mol. The van der Waals surface area contributed by atoms with E-state index in [2.05, 4.69) is 4.98 Å². The zero-order valence-corrected chi connectivity index (χ0v) is 12.0. The Morgan fingerprint density at radius 1 is 1.22 bits per heavy atom. The summed E-state index contributed by atoms with van der Waals surface area (Å²) in [6.45, 7) is -0.0391. The van der Waals surface area contributed by atoms with Crippen LogP contribution in [0.1, 0.15) is 12.0 Å². The van der Waals surface area contributed by atoms with Gasteiger partial charge in [0.05, 0.1) is 11.6 Å². The van der Waals surface area contributed by atoms with E-state index in [-0.39, 0.29) is 19.4 Å². The smallest absolute Gasteiger partial charge is 0.325 e. The highest BCUT2D eigenvalue weighted by Gasteiger charge is 2.49. The Balaban J connectivity index is 1.78. The van der Waals surface area contributed by atoms with E-state index in [0.717, 1.165) is 5.39 Å². The molecule has 3 rings (SSSR count). The van der Waals surface area contributed by atoms with E-state index < -0.39 is 23.9 Å². The van der Waals surface area contributed by atoms with Crippen molar-refractivity contribution in [3.05, 3.63) is 42.1 Å². The fraction of sp³-hybridized carbons (Fsp3) is 0.312. The summed E-state index contributed by atoms with van der Waals surface area (Å²) in [7, 11) is 0. The van der Waals surface area contributed by atoms with Crippen molar-refractivity contribution in [3.8, 4) is 0 Å². The molecule has 1 aliphatic heterocycles. The van der Waals surface area contributed by atoms with Gasteiger partial charge in [0, 0.05) is 24.5 Å². The maximum absolute atomic E-state index is 12.5. The predicted molar refractivity (Wildman–Crippen MR) is 76.6 cm³/mol. The van der Waals surface area contributed by atoms with Crippen molar-refractivity contribution >= 4 is 22.6 Å². The lowest BCUT2D eigenvalue weighted by atomic mass is 9.93. The number of nitrogens with zero attached hydrogens (tertiary/aromatic N) is 2. The number of alkyl halides is 3. The lowest BCUT2D eigenvalue weighted by molar-refractivity contribution is -0.193. The van der Waals surface area contributed by atoms with Crippen LogP contribution in [0.2, 0.25) is 0 Å². The van der Waals surface area contributed by atoms with Crippen LogP contribution in [0.3, 0.4) is 0 Å². The molecule has 7 heteroatoms. The minimum atomic E-state index is -4.94. The molecule has 23 heavy (non-hydrogen) atoms. The molecule has 2 heterocycles. The summed E-state index contributed by atoms with van der Waals surface area (Å²) in [6, 6.07) is 7.96. The van der Waals surface area contributed by atoms with E-state index in [1.807, 2.05) is 12.1 Å². The van der Waals surface area contributed by atoms with E-state index in [0.29, 0.717) is 16.0 Å². The van der Waals surface area contributed by atoms with Gasteiger partial charge in [-0.05, 0) is 18.1 Å². The topological polar surface area (TPSA) is 50.3 Å². The van der Waals surface area contributed by atoms with Crippen molar-refractivity contribution in [1.29, 1.82) is 0 Å². The SMILES string of the molecule is O=C(Cc1cccc2cccnc12)[C@@H]1CCN1C(=O)C(F)(F)F. The summed E-state index contributed by atoms with van der Waals surface area (Å²) < 4.78 is 37.4. The number of ketones is 1. The van der Waals surface area contributed by atoms with Gasteiger partial charge in [0.25, 0.3) is 0 Å². The Labute approximate surface area is 129 Å². The fourth-order valence-electron chi connectivity index (χ4n) is 2.74. The first-order valence-corrected chi connectivity index (χ1v) is 7.11. The first-order chi connectivity index (χ1) is 10.9. The van der Waals surface area contributed by atoms with E-state index >= 15 is 0 Å². The van der Waals surface area contributed by atoms with Gasteiger partial charge in [0.2, 0.25) is 0 Å². The second-order valence-corrected chi connectivity index (χ2v) is 5.44. The number of halogens is 3. The van der Waals surface area contributed by atoms with Crippen molar-refractivity contribution in [2.45, 2.75) is 25.1 Å². The molecule has 2 aromatic rings. The summed E-state index contributed by atoms with van der Waals surface area (Å²) in [4.78, 5) is 28.4. The number of amides is 1.